The van der Waals surface area contributed by atoms with Crippen molar-refractivity contribution in [1.82, 2.24) is 14.8 Å². The lowest BCUT2D eigenvalue weighted by Crippen LogP contribution is -2.06. The number of aromatic nitrogens is 3. The molecular weight excluding hydrogens is 257 g/mol. The first-order valence-corrected chi connectivity index (χ1v) is 6.19. The summed E-state index contributed by atoms with van der Waals surface area (Å²) >= 11 is 11.7. The molecule has 0 N–H and O–H groups in total. The molecule has 0 unspecified atom stereocenters. The van der Waals surface area contributed by atoms with Crippen molar-refractivity contribution < 1.29 is 0 Å². The largest absolute Gasteiger partial charge is 0.243 e. The molecule has 0 fully saturated rings. The number of rotatable bonds is 3. The summed E-state index contributed by atoms with van der Waals surface area (Å²) in [7, 11) is 0. The molecule has 3 nitrogen and oxygen atoms in total. The molecule has 5 heteroatoms. The predicted molar refractivity (Wildman–Crippen MR) is 69.9 cm³/mol. The van der Waals surface area contributed by atoms with Gasteiger partial charge in [0.05, 0.1) is 5.69 Å². The Morgan fingerprint density at radius 2 is 1.82 bits per heavy atom. The van der Waals surface area contributed by atoms with Crippen LogP contribution in [0.3, 0.4) is 0 Å². The molecule has 1 heterocycles. The zero-order valence-electron chi connectivity index (χ0n) is 9.69. The number of halogens is 2. The Labute approximate surface area is 110 Å². The zero-order valence-corrected chi connectivity index (χ0v) is 11.2. The van der Waals surface area contributed by atoms with Crippen molar-refractivity contribution in [3.63, 3.8) is 0 Å². The van der Waals surface area contributed by atoms with Crippen LogP contribution in [0.4, 0.5) is 0 Å². The van der Waals surface area contributed by atoms with Gasteiger partial charge in [0.25, 0.3) is 0 Å². The maximum absolute atomic E-state index is 5.86. The zero-order chi connectivity index (χ0) is 12.4. The molecule has 0 spiro atoms. The Bertz CT molecular complexity index is 503. The topological polar surface area (TPSA) is 30.7 Å². The molecular formula is C12H13Cl2N3. The van der Waals surface area contributed by atoms with Crippen molar-refractivity contribution in [2.75, 3.05) is 0 Å². The lowest BCUT2D eigenvalue weighted by molar-refractivity contribution is 0.605. The van der Waals surface area contributed by atoms with Gasteiger partial charge in [0, 0.05) is 11.4 Å². The van der Waals surface area contributed by atoms with Gasteiger partial charge >= 0.3 is 0 Å². The van der Waals surface area contributed by atoms with Crippen molar-refractivity contribution >= 4 is 23.2 Å². The van der Waals surface area contributed by atoms with Gasteiger partial charge in [-0.1, -0.05) is 25.4 Å². The molecule has 0 bridgehead atoms. The van der Waals surface area contributed by atoms with Crippen LogP contribution in [0, 0.1) is 5.92 Å². The second kappa shape index (κ2) is 5.07. The standard InChI is InChI=1S/C12H13Cl2N3/c1-8(2)7-11-15-12(14)16-17(11)10-5-3-9(13)4-6-10/h3-6,8H,7H2,1-2H3. The first-order valence-electron chi connectivity index (χ1n) is 5.43. The van der Waals surface area contributed by atoms with Gasteiger partial charge < -0.3 is 0 Å². The smallest absolute Gasteiger partial charge is 0.216 e. The third-order valence-electron chi connectivity index (χ3n) is 2.31. The monoisotopic (exact) mass is 269 g/mol. The van der Waals surface area contributed by atoms with Crippen LogP contribution < -0.4 is 0 Å². The minimum Gasteiger partial charge on any atom is -0.216 e. The summed E-state index contributed by atoms with van der Waals surface area (Å²) in [5, 5.41) is 5.16. The highest BCUT2D eigenvalue weighted by molar-refractivity contribution is 6.30. The van der Waals surface area contributed by atoms with E-state index in [9.17, 15) is 0 Å². The van der Waals surface area contributed by atoms with Gasteiger partial charge in [0.15, 0.2) is 0 Å². The first-order chi connectivity index (χ1) is 8.06. The Morgan fingerprint density at radius 3 is 2.41 bits per heavy atom. The van der Waals surface area contributed by atoms with E-state index in [1.807, 2.05) is 24.3 Å². The summed E-state index contributed by atoms with van der Waals surface area (Å²) in [6.45, 7) is 4.27. The third kappa shape index (κ3) is 2.99. The number of benzene rings is 1. The third-order valence-corrected chi connectivity index (χ3v) is 2.72. The van der Waals surface area contributed by atoms with Crippen LogP contribution in [0.2, 0.25) is 10.3 Å². The molecule has 0 amide bonds. The predicted octanol–water partition coefficient (Wildman–Crippen LogP) is 3.77. The molecule has 90 valence electrons. The Kier molecular flexibility index (Phi) is 3.69. The van der Waals surface area contributed by atoms with E-state index < -0.39 is 0 Å². The molecule has 2 aromatic rings. The summed E-state index contributed by atoms with van der Waals surface area (Å²) in [6, 6.07) is 7.45. The molecule has 0 aliphatic rings. The highest BCUT2D eigenvalue weighted by atomic mass is 35.5. The fourth-order valence-electron chi connectivity index (χ4n) is 1.60. The summed E-state index contributed by atoms with van der Waals surface area (Å²) in [5.41, 5.74) is 0.921. The molecule has 0 radical (unpaired) electrons. The Hall–Kier alpha value is -1.06. The molecule has 0 aliphatic carbocycles. The van der Waals surface area contributed by atoms with Crippen LogP contribution in [0.5, 0.6) is 0 Å². The minimum atomic E-state index is 0.274. The molecule has 0 aliphatic heterocycles. The van der Waals surface area contributed by atoms with E-state index in [-0.39, 0.29) is 5.28 Å². The maximum Gasteiger partial charge on any atom is 0.243 e. The molecule has 2 rings (SSSR count). The van der Waals surface area contributed by atoms with Gasteiger partial charge in [-0.3, -0.25) is 0 Å². The average Bonchev–Trinajstić information content (AvgIpc) is 2.59. The van der Waals surface area contributed by atoms with Gasteiger partial charge in [0.2, 0.25) is 5.28 Å². The second-order valence-electron chi connectivity index (χ2n) is 4.28. The van der Waals surface area contributed by atoms with Gasteiger partial charge in [-0.05, 0) is 41.8 Å². The average molecular weight is 270 g/mol. The van der Waals surface area contributed by atoms with Gasteiger partial charge in [-0.2, -0.15) is 0 Å². The van der Waals surface area contributed by atoms with Crippen LogP contribution in [-0.4, -0.2) is 14.8 Å². The number of hydrogen-bond acceptors (Lipinski definition) is 2. The normalized spacial score (nSPS) is 11.1. The van der Waals surface area contributed by atoms with E-state index in [2.05, 4.69) is 23.9 Å². The van der Waals surface area contributed by atoms with E-state index in [1.54, 1.807) is 4.68 Å². The lowest BCUT2D eigenvalue weighted by Gasteiger charge is -2.07. The van der Waals surface area contributed by atoms with E-state index >= 15 is 0 Å². The van der Waals surface area contributed by atoms with Crippen LogP contribution in [0.25, 0.3) is 5.69 Å². The van der Waals surface area contributed by atoms with Crippen molar-refractivity contribution in [2.24, 2.45) is 5.92 Å². The number of hydrogen-bond donors (Lipinski definition) is 0. The SMILES string of the molecule is CC(C)Cc1nc(Cl)nn1-c1ccc(Cl)cc1. The van der Waals surface area contributed by atoms with Gasteiger partial charge in [-0.15, -0.1) is 5.10 Å². The van der Waals surface area contributed by atoms with Crippen molar-refractivity contribution in [3.8, 4) is 5.69 Å². The molecule has 0 saturated heterocycles. The van der Waals surface area contributed by atoms with Crippen LogP contribution in [-0.2, 0) is 6.42 Å². The fourth-order valence-corrected chi connectivity index (χ4v) is 1.90. The second-order valence-corrected chi connectivity index (χ2v) is 5.06. The summed E-state index contributed by atoms with van der Waals surface area (Å²) in [6.07, 6.45) is 0.836. The van der Waals surface area contributed by atoms with Crippen LogP contribution in [0.1, 0.15) is 19.7 Å². The lowest BCUT2D eigenvalue weighted by atomic mass is 10.1. The Balaban J connectivity index is 2.40. The van der Waals surface area contributed by atoms with E-state index in [0.29, 0.717) is 10.9 Å². The van der Waals surface area contributed by atoms with Gasteiger partial charge in [-0.25, -0.2) is 9.67 Å². The quantitative estimate of drug-likeness (QED) is 0.849. The van der Waals surface area contributed by atoms with Crippen molar-refractivity contribution in [2.45, 2.75) is 20.3 Å². The van der Waals surface area contributed by atoms with E-state index in [0.717, 1.165) is 17.9 Å². The van der Waals surface area contributed by atoms with Crippen molar-refractivity contribution in [3.05, 3.63) is 40.4 Å². The first kappa shape index (κ1) is 12.4. The highest BCUT2D eigenvalue weighted by Crippen LogP contribution is 2.17. The van der Waals surface area contributed by atoms with Crippen LogP contribution >= 0.6 is 23.2 Å². The van der Waals surface area contributed by atoms with E-state index in [4.69, 9.17) is 23.2 Å². The fraction of sp³-hybridized carbons (Fsp3) is 0.333. The molecule has 0 saturated carbocycles. The van der Waals surface area contributed by atoms with Crippen LogP contribution in [0.15, 0.2) is 24.3 Å². The highest BCUT2D eigenvalue weighted by Gasteiger charge is 2.11. The summed E-state index contributed by atoms with van der Waals surface area (Å²) in [4.78, 5) is 4.23. The van der Waals surface area contributed by atoms with Crippen molar-refractivity contribution in [1.29, 1.82) is 0 Å². The number of nitrogens with zero attached hydrogens (tertiary/aromatic N) is 3. The summed E-state index contributed by atoms with van der Waals surface area (Å²) in [5.74, 6) is 1.37. The Morgan fingerprint density at radius 1 is 1.18 bits per heavy atom. The molecule has 1 aromatic heterocycles. The molecule has 0 atom stereocenters. The summed E-state index contributed by atoms with van der Waals surface area (Å²) < 4.78 is 1.76. The van der Waals surface area contributed by atoms with Gasteiger partial charge in [0.1, 0.15) is 5.82 Å². The van der Waals surface area contributed by atoms with E-state index in [1.165, 1.54) is 0 Å². The molecule has 1 aromatic carbocycles. The molecule has 17 heavy (non-hydrogen) atoms. The minimum absolute atomic E-state index is 0.274. The maximum atomic E-state index is 5.86.